The molecule has 0 unspecified atom stereocenters. The lowest BCUT2D eigenvalue weighted by Gasteiger charge is -2.07. The van der Waals surface area contributed by atoms with Gasteiger partial charge in [0.25, 0.3) is 0 Å². The highest BCUT2D eigenvalue weighted by molar-refractivity contribution is 9.10. The Hall–Kier alpha value is -1.57. The first-order valence-electron chi connectivity index (χ1n) is 4.77. The summed E-state index contributed by atoms with van der Waals surface area (Å²) in [6.07, 6.45) is 1.56. The van der Waals surface area contributed by atoms with Crippen molar-refractivity contribution in [1.29, 1.82) is 5.26 Å². The summed E-state index contributed by atoms with van der Waals surface area (Å²) in [7, 11) is 0. The Balaban J connectivity index is 2.28. The molecule has 0 saturated heterocycles. The average molecular weight is 309 g/mol. The van der Waals surface area contributed by atoms with Crippen molar-refractivity contribution >= 4 is 39.0 Å². The molecule has 2 aromatic rings. The molecule has 3 nitrogen and oxygen atoms in total. The molecule has 1 aromatic carbocycles. The van der Waals surface area contributed by atoms with E-state index in [2.05, 4.69) is 32.3 Å². The zero-order chi connectivity index (χ0) is 12.3. The first-order valence-corrected chi connectivity index (χ1v) is 5.94. The molecule has 2 rings (SSSR count). The molecule has 1 heterocycles. The molecular weight excluding hydrogens is 302 g/mol. The first-order chi connectivity index (χ1) is 8.19. The van der Waals surface area contributed by atoms with Crippen molar-refractivity contribution in [3.8, 4) is 6.07 Å². The second kappa shape index (κ2) is 5.17. The third-order valence-corrected chi connectivity index (χ3v) is 2.87. The molecular formula is C12H7BrClN3. The number of nitrogens with one attached hydrogen (secondary N) is 1. The maximum absolute atomic E-state index is 8.80. The number of aromatic nitrogens is 1. The summed E-state index contributed by atoms with van der Waals surface area (Å²) in [5.74, 6) is 0.657. The van der Waals surface area contributed by atoms with E-state index in [1.807, 2.05) is 12.1 Å². The van der Waals surface area contributed by atoms with E-state index < -0.39 is 0 Å². The Morgan fingerprint density at radius 1 is 1.35 bits per heavy atom. The lowest BCUT2D eigenvalue weighted by Crippen LogP contribution is -1.94. The molecule has 0 saturated carbocycles. The molecule has 0 bridgehead atoms. The minimum Gasteiger partial charge on any atom is -0.339 e. The van der Waals surface area contributed by atoms with E-state index in [9.17, 15) is 0 Å². The van der Waals surface area contributed by atoms with Crippen LogP contribution in [0, 0.1) is 11.3 Å². The highest BCUT2D eigenvalue weighted by Gasteiger charge is 2.03. The molecule has 0 amide bonds. The third-order valence-electron chi connectivity index (χ3n) is 2.06. The predicted octanol–water partition coefficient (Wildman–Crippen LogP) is 4.11. The van der Waals surface area contributed by atoms with Crippen LogP contribution < -0.4 is 5.32 Å². The molecule has 1 N–H and O–H groups in total. The molecule has 0 aliphatic carbocycles. The normalized spacial score (nSPS) is 9.71. The first kappa shape index (κ1) is 11.9. The van der Waals surface area contributed by atoms with E-state index in [0.717, 1.165) is 10.2 Å². The van der Waals surface area contributed by atoms with Crippen molar-refractivity contribution < 1.29 is 0 Å². The van der Waals surface area contributed by atoms with E-state index in [1.165, 1.54) is 0 Å². The van der Waals surface area contributed by atoms with Gasteiger partial charge in [0.2, 0.25) is 0 Å². The monoisotopic (exact) mass is 307 g/mol. The molecule has 5 heteroatoms. The van der Waals surface area contributed by atoms with Crippen molar-refractivity contribution in [2.45, 2.75) is 0 Å². The minimum absolute atomic E-state index is 0.563. The van der Waals surface area contributed by atoms with Crippen LogP contribution in [0.3, 0.4) is 0 Å². The molecule has 0 radical (unpaired) electrons. The van der Waals surface area contributed by atoms with Crippen molar-refractivity contribution in [3.63, 3.8) is 0 Å². The summed E-state index contributed by atoms with van der Waals surface area (Å²) in [6, 6.07) is 11.0. The van der Waals surface area contributed by atoms with Gasteiger partial charge < -0.3 is 5.32 Å². The van der Waals surface area contributed by atoms with Crippen LogP contribution in [0.4, 0.5) is 11.5 Å². The Bertz CT molecular complexity index is 593. The van der Waals surface area contributed by atoms with Crippen LogP contribution >= 0.6 is 27.5 Å². The van der Waals surface area contributed by atoms with Crippen molar-refractivity contribution in [2.24, 2.45) is 0 Å². The van der Waals surface area contributed by atoms with Crippen LogP contribution in [-0.2, 0) is 0 Å². The van der Waals surface area contributed by atoms with Gasteiger partial charge >= 0.3 is 0 Å². The Morgan fingerprint density at radius 2 is 2.18 bits per heavy atom. The topological polar surface area (TPSA) is 48.7 Å². The average Bonchev–Trinajstić information content (AvgIpc) is 2.33. The van der Waals surface area contributed by atoms with E-state index in [-0.39, 0.29) is 0 Å². The number of rotatable bonds is 2. The van der Waals surface area contributed by atoms with Crippen LogP contribution in [-0.4, -0.2) is 4.98 Å². The Kier molecular flexibility index (Phi) is 3.62. The fourth-order valence-corrected chi connectivity index (χ4v) is 2.05. The molecule has 17 heavy (non-hydrogen) atoms. The van der Waals surface area contributed by atoms with E-state index >= 15 is 0 Å². The van der Waals surface area contributed by atoms with Gasteiger partial charge in [-0.2, -0.15) is 5.26 Å². The molecule has 0 aliphatic rings. The van der Waals surface area contributed by atoms with Gasteiger partial charge in [-0.15, -0.1) is 0 Å². The summed E-state index contributed by atoms with van der Waals surface area (Å²) in [6.45, 7) is 0. The van der Waals surface area contributed by atoms with Crippen LogP contribution in [0.15, 0.2) is 41.0 Å². The number of nitriles is 1. The second-order valence-corrected chi connectivity index (χ2v) is 4.59. The fourth-order valence-electron chi connectivity index (χ4n) is 1.31. The number of benzene rings is 1. The van der Waals surface area contributed by atoms with Crippen molar-refractivity contribution in [3.05, 3.63) is 51.6 Å². The zero-order valence-corrected chi connectivity index (χ0v) is 11.0. The molecule has 0 fully saturated rings. The van der Waals surface area contributed by atoms with E-state index in [0.29, 0.717) is 16.4 Å². The van der Waals surface area contributed by atoms with Gasteiger partial charge in [0.1, 0.15) is 5.82 Å². The van der Waals surface area contributed by atoms with Gasteiger partial charge in [-0.3, -0.25) is 0 Å². The third kappa shape index (κ3) is 2.96. The molecule has 84 valence electrons. The van der Waals surface area contributed by atoms with Crippen LogP contribution in [0.5, 0.6) is 0 Å². The molecule has 1 aromatic heterocycles. The quantitative estimate of drug-likeness (QED) is 0.908. The summed E-state index contributed by atoms with van der Waals surface area (Å²) >= 11 is 9.17. The van der Waals surface area contributed by atoms with Gasteiger partial charge in [0.15, 0.2) is 0 Å². The summed E-state index contributed by atoms with van der Waals surface area (Å²) in [5, 5.41) is 12.5. The Morgan fingerprint density at radius 3 is 2.88 bits per heavy atom. The van der Waals surface area contributed by atoms with Crippen molar-refractivity contribution in [2.75, 3.05) is 5.32 Å². The number of halogens is 2. The molecule has 0 aliphatic heterocycles. The zero-order valence-electron chi connectivity index (χ0n) is 8.61. The lowest BCUT2D eigenvalue weighted by atomic mass is 10.2. The number of hydrogen-bond donors (Lipinski definition) is 1. The van der Waals surface area contributed by atoms with E-state index in [1.54, 1.807) is 24.4 Å². The lowest BCUT2D eigenvalue weighted by molar-refractivity contribution is 1.29. The van der Waals surface area contributed by atoms with Gasteiger partial charge in [0.05, 0.1) is 21.1 Å². The number of nitrogens with zero attached hydrogens (tertiary/aromatic N) is 2. The predicted molar refractivity (Wildman–Crippen MR) is 71.4 cm³/mol. The number of pyridine rings is 1. The Labute approximate surface area is 112 Å². The second-order valence-electron chi connectivity index (χ2n) is 3.30. The molecule has 0 atom stereocenters. The highest BCUT2D eigenvalue weighted by Crippen LogP contribution is 2.26. The SMILES string of the molecule is N#Cc1cccc(Nc2ncc(Cl)cc2Br)c1. The maximum atomic E-state index is 8.80. The van der Waals surface area contributed by atoms with Crippen LogP contribution in [0.2, 0.25) is 5.02 Å². The fraction of sp³-hybridized carbons (Fsp3) is 0. The maximum Gasteiger partial charge on any atom is 0.144 e. The minimum atomic E-state index is 0.563. The summed E-state index contributed by atoms with van der Waals surface area (Å²) in [4.78, 5) is 4.16. The standard InChI is InChI=1S/C12H7BrClN3/c13-11-5-9(14)7-16-12(11)17-10-3-1-2-8(4-10)6-15/h1-5,7H,(H,16,17). The van der Waals surface area contributed by atoms with Gasteiger partial charge in [-0.1, -0.05) is 17.7 Å². The van der Waals surface area contributed by atoms with Gasteiger partial charge in [0, 0.05) is 11.9 Å². The van der Waals surface area contributed by atoms with Gasteiger partial charge in [-0.25, -0.2) is 4.98 Å². The van der Waals surface area contributed by atoms with Crippen molar-refractivity contribution in [1.82, 2.24) is 4.98 Å². The summed E-state index contributed by atoms with van der Waals surface area (Å²) in [5.41, 5.74) is 1.40. The van der Waals surface area contributed by atoms with E-state index in [4.69, 9.17) is 16.9 Å². The number of hydrogen-bond acceptors (Lipinski definition) is 3. The summed E-state index contributed by atoms with van der Waals surface area (Å²) < 4.78 is 0.771. The van der Waals surface area contributed by atoms with Gasteiger partial charge in [-0.05, 0) is 40.2 Å². The van der Waals surface area contributed by atoms with Crippen LogP contribution in [0.1, 0.15) is 5.56 Å². The smallest absolute Gasteiger partial charge is 0.144 e. The molecule has 0 spiro atoms. The highest BCUT2D eigenvalue weighted by atomic mass is 79.9. The van der Waals surface area contributed by atoms with Crippen LogP contribution in [0.25, 0.3) is 0 Å². The number of anilines is 2. The largest absolute Gasteiger partial charge is 0.339 e.